The predicted octanol–water partition coefficient (Wildman–Crippen LogP) is 2.69. The van der Waals surface area contributed by atoms with Crippen molar-refractivity contribution in [3.63, 3.8) is 0 Å². The molecule has 0 spiro atoms. The van der Waals surface area contributed by atoms with Gasteiger partial charge in [-0.25, -0.2) is 0 Å². The van der Waals surface area contributed by atoms with Gasteiger partial charge in [0.1, 0.15) is 0 Å². The van der Waals surface area contributed by atoms with Crippen LogP contribution in [-0.4, -0.2) is 15.4 Å². The van der Waals surface area contributed by atoms with E-state index in [1.54, 1.807) is 0 Å². The summed E-state index contributed by atoms with van der Waals surface area (Å²) in [4.78, 5) is 0. The molecular weight excluding hydrogens is 188 g/mol. The van der Waals surface area contributed by atoms with Gasteiger partial charge in [0, 0.05) is 7.11 Å². The number of benzene rings is 1. The lowest BCUT2D eigenvalue weighted by Crippen LogP contribution is -2.46. The maximum Gasteiger partial charge on any atom is 0.224 e. The summed E-state index contributed by atoms with van der Waals surface area (Å²) in [6.07, 6.45) is 4.29. The van der Waals surface area contributed by atoms with Crippen molar-refractivity contribution in [3.8, 4) is 0 Å². The van der Waals surface area contributed by atoms with E-state index in [9.17, 15) is 0 Å². The monoisotopic (exact) mass is 206 g/mol. The minimum absolute atomic E-state index is 1.05. The van der Waals surface area contributed by atoms with Crippen LogP contribution in [0.15, 0.2) is 42.5 Å². The Labute approximate surface area is 87.5 Å². The Morgan fingerprint density at radius 1 is 1.29 bits per heavy atom. The lowest BCUT2D eigenvalue weighted by atomic mass is 10.4. The minimum atomic E-state index is -1.71. The number of allylic oxidation sites excluding steroid dienone is 2. The van der Waals surface area contributed by atoms with E-state index < -0.39 is 8.32 Å². The molecule has 14 heavy (non-hydrogen) atoms. The van der Waals surface area contributed by atoms with Gasteiger partial charge in [0.25, 0.3) is 0 Å². The van der Waals surface area contributed by atoms with Gasteiger partial charge in [-0.15, -0.1) is 0 Å². The van der Waals surface area contributed by atoms with Crippen molar-refractivity contribution in [2.24, 2.45) is 0 Å². The van der Waals surface area contributed by atoms with Crippen molar-refractivity contribution < 1.29 is 4.43 Å². The zero-order chi connectivity index (χ0) is 10.4. The molecule has 0 aliphatic heterocycles. The third-order valence-corrected chi connectivity index (χ3v) is 6.05. The van der Waals surface area contributed by atoms with E-state index in [-0.39, 0.29) is 0 Å². The van der Waals surface area contributed by atoms with E-state index in [0.29, 0.717) is 0 Å². The molecule has 0 radical (unpaired) electrons. The first-order valence-electron chi connectivity index (χ1n) is 4.95. The second-order valence-electron chi connectivity index (χ2n) is 3.57. The van der Waals surface area contributed by atoms with Gasteiger partial charge in [0.05, 0.1) is 0 Å². The third-order valence-electron chi connectivity index (χ3n) is 2.58. The first-order chi connectivity index (χ1) is 6.73. The predicted molar refractivity (Wildman–Crippen MR) is 64.3 cm³/mol. The number of rotatable bonds is 4. The van der Waals surface area contributed by atoms with Gasteiger partial charge >= 0.3 is 0 Å². The number of hydrogen-bond acceptors (Lipinski definition) is 1. The highest BCUT2D eigenvalue weighted by atomic mass is 28.4. The van der Waals surface area contributed by atoms with Gasteiger partial charge in [0.2, 0.25) is 8.32 Å². The van der Waals surface area contributed by atoms with Crippen LogP contribution in [0.5, 0.6) is 0 Å². The van der Waals surface area contributed by atoms with Gasteiger partial charge in [-0.05, 0) is 24.7 Å². The van der Waals surface area contributed by atoms with Gasteiger partial charge in [-0.3, -0.25) is 0 Å². The van der Waals surface area contributed by atoms with Crippen molar-refractivity contribution in [2.75, 3.05) is 7.11 Å². The smallest absolute Gasteiger partial charge is 0.224 e. The highest BCUT2D eigenvalue weighted by molar-refractivity contribution is 6.85. The maximum atomic E-state index is 5.71. The Kier molecular flexibility index (Phi) is 4.11. The second kappa shape index (κ2) is 5.13. The molecule has 0 saturated carbocycles. The Bertz CT molecular complexity index is 294. The largest absolute Gasteiger partial charge is 0.415 e. The van der Waals surface area contributed by atoms with E-state index in [2.05, 4.69) is 49.9 Å². The van der Waals surface area contributed by atoms with Gasteiger partial charge in [0.15, 0.2) is 0 Å². The summed E-state index contributed by atoms with van der Waals surface area (Å²) in [6.45, 7) is 4.30. The molecule has 0 aliphatic carbocycles. The van der Waals surface area contributed by atoms with Crippen LogP contribution in [0.25, 0.3) is 0 Å². The summed E-state index contributed by atoms with van der Waals surface area (Å²) < 4.78 is 5.71. The average molecular weight is 206 g/mol. The van der Waals surface area contributed by atoms with E-state index in [0.717, 1.165) is 6.04 Å². The Balaban J connectivity index is 2.89. The SMILES string of the molecule is C/C=C/C[Si](C)(OC)c1ccccc1. The van der Waals surface area contributed by atoms with Gasteiger partial charge in [-0.2, -0.15) is 0 Å². The molecule has 1 nitrogen and oxygen atoms in total. The molecule has 0 N–H and O–H groups in total. The van der Waals surface area contributed by atoms with Crippen LogP contribution in [0.1, 0.15) is 6.92 Å². The summed E-state index contributed by atoms with van der Waals surface area (Å²) >= 11 is 0. The van der Waals surface area contributed by atoms with Crippen LogP contribution < -0.4 is 5.19 Å². The van der Waals surface area contributed by atoms with Gasteiger partial charge < -0.3 is 4.43 Å². The molecule has 0 bridgehead atoms. The molecule has 0 heterocycles. The molecule has 0 saturated heterocycles. The standard InChI is InChI=1S/C12H18OSi/c1-4-5-11-14(3,13-2)12-9-7-6-8-10-12/h4-10H,11H2,1-3H3/b5-4+. The molecule has 1 rings (SSSR count). The molecular formula is C12H18OSi. The topological polar surface area (TPSA) is 9.23 Å². The molecule has 1 atom stereocenters. The van der Waals surface area contributed by atoms with E-state index in [4.69, 9.17) is 4.43 Å². The van der Waals surface area contributed by atoms with Crippen LogP contribution in [-0.2, 0) is 4.43 Å². The Morgan fingerprint density at radius 3 is 2.43 bits per heavy atom. The lowest BCUT2D eigenvalue weighted by molar-refractivity contribution is 0.412. The molecule has 0 fully saturated rings. The molecule has 2 heteroatoms. The molecule has 0 aromatic heterocycles. The third kappa shape index (κ3) is 2.56. The van der Waals surface area contributed by atoms with Crippen LogP contribution in [0, 0.1) is 0 Å². The zero-order valence-corrected chi connectivity index (χ0v) is 10.2. The fraction of sp³-hybridized carbons (Fsp3) is 0.333. The molecule has 0 amide bonds. The van der Waals surface area contributed by atoms with Crippen molar-refractivity contribution in [3.05, 3.63) is 42.5 Å². The normalized spacial score (nSPS) is 15.6. The highest BCUT2D eigenvalue weighted by Crippen LogP contribution is 2.11. The summed E-state index contributed by atoms with van der Waals surface area (Å²) in [5.74, 6) is 0. The first-order valence-corrected chi connectivity index (χ1v) is 7.56. The quantitative estimate of drug-likeness (QED) is 0.543. The maximum absolute atomic E-state index is 5.71. The van der Waals surface area contributed by atoms with Crippen LogP contribution in [0.3, 0.4) is 0 Å². The Morgan fingerprint density at radius 2 is 1.93 bits per heavy atom. The average Bonchev–Trinajstić information content (AvgIpc) is 2.27. The Hall–Kier alpha value is -0.863. The van der Waals surface area contributed by atoms with E-state index in [1.165, 1.54) is 5.19 Å². The van der Waals surface area contributed by atoms with Crippen molar-refractivity contribution in [1.29, 1.82) is 0 Å². The van der Waals surface area contributed by atoms with Crippen molar-refractivity contribution >= 4 is 13.5 Å². The van der Waals surface area contributed by atoms with Crippen molar-refractivity contribution in [2.45, 2.75) is 19.5 Å². The molecule has 1 aromatic rings. The fourth-order valence-corrected chi connectivity index (χ4v) is 3.67. The minimum Gasteiger partial charge on any atom is -0.415 e. The fourth-order valence-electron chi connectivity index (χ4n) is 1.45. The first kappa shape index (κ1) is 11.2. The molecule has 0 aliphatic rings. The number of hydrogen-bond donors (Lipinski definition) is 0. The summed E-state index contributed by atoms with van der Waals surface area (Å²) in [5.41, 5.74) is 0. The van der Waals surface area contributed by atoms with Crippen LogP contribution in [0.4, 0.5) is 0 Å². The summed E-state index contributed by atoms with van der Waals surface area (Å²) in [5, 5.41) is 1.36. The van der Waals surface area contributed by atoms with Gasteiger partial charge in [-0.1, -0.05) is 42.5 Å². The van der Waals surface area contributed by atoms with Crippen LogP contribution in [0.2, 0.25) is 12.6 Å². The molecule has 76 valence electrons. The van der Waals surface area contributed by atoms with E-state index >= 15 is 0 Å². The summed E-state index contributed by atoms with van der Waals surface area (Å²) in [7, 11) is 0.115. The second-order valence-corrected chi connectivity index (χ2v) is 7.43. The zero-order valence-electron chi connectivity index (χ0n) is 9.16. The molecule has 1 aromatic carbocycles. The lowest BCUT2D eigenvalue weighted by Gasteiger charge is -2.24. The molecule has 1 unspecified atom stereocenters. The van der Waals surface area contributed by atoms with E-state index in [1.807, 2.05) is 13.2 Å². The van der Waals surface area contributed by atoms with Crippen molar-refractivity contribution in [1.82, 2.24) is 0 Å². The highest BCUT2D eigenvalue weighted by Gasteiger charge is 2.28. The van der Waals surface area contributed by atoms with Crippen LogP contribution >= 0.6 is 0 Å². The summed E-state index contributed by atoms with van der Waals surface area (Å²) in [6, 6.07) is 11.6.